The van der Waals surface area contributed by atoms with Gasteiger partial charge in [0.05, 0.1) is 0 Å². The molecule has 0 fully saturated rings. The fourth-order valence-corrected chi connectivity index (χ4v) is 0.459. The Balaban J connectivity index is 3.61. The standard InChI is InChI=1S/C5H11NO4/c1-9-3-6(4-10-2)5(7)8/h3-4H2,1-2H3,(H,7,8). The van der Waals surface area contributed by atoms with Gasteiger partial charge in [-0.25, -0.2) is 4.79 Å². The molecule has 0 atom stereocenters. The van der Waals surface area contributed by atoms with Crippen molar-refractivity contribution in [3.8, 4) is 0 Å². The van der Waals surface area contributed by atoms with Crippen molar-refractivity contribution in [3.63, 3.8) is 0 Å². The van der Waals surface area contributed by atoms with E-state index >= 15 is 0 Å². The third kappa shape index (κ3) is 3.26. The number of methoxy groups -OCH3 is 2. The summed E-state index contributed by atoms with van der Waals surface area (Å²) in [6.45, 7) is 0.0619. The van der Waals surface area contributed by atoms with E-state index in [-0.39, 0.29) is 13.5 Å². The highest BCUT2D eigenvalue weighted by Crippen LogP contribution is 1.88. The zero-order valence-corrected chi connectivity index (χ0v) is 6.03. The topological polar surface area (TPSA) is 59.0 Å². The van der Waals surface area contributed by atoms with Crippen molar-refractivity contribution in [1.82, 2.24) is 4.90 Å². The van der Waals surface area contributed by atoms with Crippen molar-refractivity contribution in [3.05, 3.63) is 0 Å². The Hall–Kier alpha value is -0.810. The Bertz CT molecular complexity index is 99.8. The van der Waals surface area contributed by atoms with Crippen LogP contribution in [0.4, 0.5) is 4.79 Å². The van der Waals surface area contributed by atoms with Crippen LogP contribution in [0.15, 0.2) is 0 Å². The quantitative estimate of drug-likeness (QED) is 0.579. The van der Waals surface area contributed by atoms with Gasteiger partial charge in [0.2, 0.25) is 0 Å². The largest absolute Gasteiger partial charge is 0.465 e. The maximum atomic E-state index is 10.2. The second kappa shape index (κ2) is 5.01. The molecule has 0 saturated heterocycles. The molecule has 0 unspecified atom stereocenters. The summed E-state index contributed by atoms with van der Waals surface area (Å²) in [4.78, 5) is 11.2. The summed E-state index contributed by atoms with van der Waals surface area (Å²) in [5, 5.41) is 8.40. The van der Waals surface area contributed by atoms with Crippen molar-refractivity contribution in [2.75, 3.05) is 27.7 Å². The SMILES string of the molecule is COCN(COC)C(=O)O. The minimum atomic E-state index is -1.05. The van der Waals surface area contributed by atoms with Crippen molar-refractivity contribution in [1.29, 1.82) is 0 Å². The Labute approximate surface area is 59.1 Å². The lowest BCUT2D eigenvalue weighted by atomic mass is 10.8. The summed E-state index contributed by atoms with van der Waals surface area (Å²) < 4.78 is 9.17. The van der Waals surface area contributed by atoms with Gasteiger partial charge in [-0.2, -0.15) is 0 Å². The Morgan fingerprint density at radius 2 is 1.80 bits per heavy atom. The van der Waals surface area contributed by atoms with Crippen molar-refractivity contribution in [2.24, 2.45) is 0 Å². The van der Waals surface area contributed by atoms with Crippen LogP contribution in [-0.4, -0.2) is 43.8 Å². The van der Waals surface area contributed by atoms with Crippen molar-refractivity contribution >= 4 is 6.09 Å². The highest BCUT2D eigenvalue weighted by molar-refractivity contribution is 5.64. The molecular weight excluding hydrogens is 138 g/mol. The maximum Gasteiger partial charge on any atom is 0.410 e. The number of amides is 1. The predicted molar refractivity (Wildman–Crippen MR) is 33.6 cm³/mol. The highest BCUT2D eigenvalue weighted by Gasteiger charge is 2.08. The molecule has 0 radical (unpaired) electrons. The van der Waals surface area contributed by atoms with E-state index in [0.29, 0.717) is 0 Å². The molecule has 0 aromatic carbocycles. The first-order chi connectivity index (χ1) is 4.72. The first-order valence-electron chi connectivity index (χ1n) is 2.68. The molecule has 10 heavy (non-hydrogen) atoms. The van der Waals surface area contributed by atoms with Gasteiger partial charge < -0.3 is 14.6 Å². The second-order valence-electron chi connectivity index (χ2n) is 1.66. The molecule has 60 valence electrons. The van der Waals surface area contributed by atoms with Gasteiger partial charge in [-0.3, -0.25) is 4.90 Å². The van der Waals surface area contributed by atoms with E-state index in [1.165, 1.54) is 14.2 Å². The van der Waals surface area contributed by atoms with Crippen LogP contribution in [0, 0.1) is 0 Å². The fourth-order valence-electron chi connectivity index (χ4n) is 0.459. The Morgan fingerprint density at radius 1 is 1.40 bits per heavy atom. The molecule has 0 bridgehead atoms. The summed E-state index contributed by atoms with van der Waals surface area (Å²) in [6.07, 6.45) is -1.05. The molecule has 0 aromatic heterocycles. The molecule has 0 aliphatic rings. The number of hydrogen-bond acceptors (Lipinski definition) is 3. The molecule has 1 N–H and O–H groups in total. The summed E-state index contributed by atoms with van der Waals surface area (Å²) in [7, 11) is 2.84. The van der Waals surface area contributed by atoms with Gasteiger partial charge in [-0.15, -0.1) is 0 Å². The predicted octanol–water partition coefficient (Wildman–Crippen LogP) is 0.174. The minimum Gasteiger partial charge on any atom is -0.465 e. The molecule has 0 saturated carbocycles. The third-order valence-corrected chi connectivity index (χ3v) is 0.840. The molecule has 5 heteroatoms. The van der Waals surface area contributed by atoms with E-state index in [2.05, 4.69) is 9.47 Å². The number of rotatable bonds is 4. The van der Waals surface area contributed by atoms with E-state index in [9.17, 15) is 4.79 Å². The summed E-state index contributed by atoms with van der Waals surface area (Å²) in [5.41, 5.74) is 0. The average Bonchev–Trinajstić information content (AvgIpc) is 1.87. The van der Waals surface area contributed by atoms with E-state index in [1.807, 2.05) is 0 Å². The molecule has 0 heterocycles. The van der Waals surface area contributed by atoms with Crippen molar-refractivity contribution < 1.29 is 19.4 Å². The van der Waals surface area contributed by atoms with E-state index < -0.39 is 6.09 Å². The number of nitrogens with zero attached hydrogens (tertiary/aromatic N) is 1. The van der Waals surface area contributed by atoms with Gasteiger partial charge >= 0.3 is 6.09 Å². The molecule has 0 rings (SSSR count). The third-order valence-electron chi connectivity index (χ3n) is 0.840. The van der Waals surface area contributed by atoms with Crippen LogP contribution in [0.2, 0.25) is 0 Å². The summed E-state index contributed by atoms with van der Waals surface area (Å²) >= 11 is 0. The minimum absolute atomic E-state index is 0.0309. The van der Waals surface area contributed by atoms with E-state index in [4.69, 9.17) is 5.11 Å². The monoisotopic (exact) mass is 149 g/mol. The lowest BCUT2D eigenvalue weighted by Crippen LogP contribution is -2.32. The zero-order valence-electron chi connectivity index (χ0n) is 6.03. The molecule has 5 nitrogen and oxygen atoms in total. The van der Waals surface area contributed by atoms with Crippen LogP contribution in [0.5, 0.6) is 0 Å². The Morgan fingerprint density at radius 3 is 2.00 bits per heavy atom. The maximum absolute atomic E-state index is 10.2. The van der Waals surface area contributed by atoms with Crippen LogP contribution in [0.1, 0.15) is 0 Å². The van der Waals surface area contributed by atoms with Gasteiger partial charge in [-0.05, 0) is 0 Å². The summed E-state index contributed by atoms with van der Waals surface area (Å²) in [5.74, 6) is 0. The van der Waals surface area contributed by atoms with E-state index in [1.54, 1.807) is 0 Å². The molecule has 0 aromatic rings. The summed E-state index contributed by atoms with van der Waals surface area (Å²) in [6, 6.07) is 0. The number of hydrogen-bond donors (Lipinski definition) is 1. The molecule has 1 amide bonds. The van der Waals surface area contributed by atoms with E-state index in [0.717, 1.165) is 4.90 Å². The first kappa shape index (κ1) is 9.19. The van der Waals surface area contributed by atoms with Gasteiger partial charge in [0.15, 0.2) is 0 Å². The smallest absolute Gasteiger partial charge is 0.410 e. The zero-order chi connectivity index (χ0) is 7.98. The van der Waals surface area contributed by atoms with Crippen LogP contribution in [0.25, 0.3) is 0 Å². The number of carbonyl (C=O) groups is 1. The van der Waals surface area contributed by atoms with Crippen molar-refractivity contribution in [2.45, 2.75) is 0 Å². The lowest BCUT2D eigenvalue weighted by molar-refractivity contribution is -0.00302. The normalized spacial score (nSPS) is 9.40. The van der Waals surface area contributed by atoms with Crippen LogP contribution < -0.4 is 0 Å². The van der Waals surface area contributed by atoms with Gasteiger partial charge in [0.1, 0.15) is 13.5 Å². The second-order valence-corrected chi connectivity index (χ2v) is 1.66. The molecule has 0 aliphatic heterocycles. The molecular formula is C5H11NO4. The van der Waals surface area contributed by atoms with Crippen LogP contribution >= 0.6 is 0 Å². The lowest BCUT2D eigenvalue weighted by Gasteiger charge is -2.15. The first-order valence-corrected chi connectivity index (χ1v) is 2.68. The van der Waals surface area contributed by atoms with Gasteiger partial charge in [0, 0.05) is 14.2 Å². The van der Waals surface area contributed by atoms with Crippen LogP contribution in [-0.2, 0) is 9.47 Å². The fraction of sp³-hybridized carbons (Fsp3) is 0.800. The average molecular weight is 149 g/mol. The Kier molecular flexibility index (Phi) is 4.61. The van der Waals surface area contributed by atoms with Gasteiger partial charge in [0.25, 0.3) is 0 Å². The molecule has 0 spiro atoms. The van der Waals surface area contributed by atoms with Crippen LogP contribution in [0.3, 0.4) is 0 Å². The number of ether oxygens (including phenoxy) is 2. The highest BCUT2D eigenvalue weighted by atomic mass is 16.5. The molecule has 0 aliphatic carbocycles. The van der Waals surface area contributed by atoms with Gasteiger partial charge in [-0.1, -0.05) is 0 Å². The number of carboxylic acid groups (broad SMARTS) is 1.